The molecule has 3 atom stereocenters. The van der Waals surface area contributed by atoms with Crippen LogP contribution in [0.25, 0.3) is 22.0 Å². The van der Waals surface area contributed by atoms with E-state index in [2.05, 4.69) is 15.3 Å². The number of hydrogen-bond acceptors (Lipinski definition) is 8. The molecular formula is C23H25N5O3S. The quantitative estimate of drug-likeness (QED) is 0.547. The van der Waals surface area contributed by atoms with Crippen LogP contribution in [0.5, 0.6) is 0 Å². The fourth-order valence-corrected chi connectivity index (χ4v) is 5.21. The summed E-state index contributed by atoms with van der Waals surface area (Å²) in [7, 11) is 1.70. The van der Waals surface area contributed by atoms with Crippen molar-refractivity contribution < 1.29 is 15.0 Å². The summed E-state index contributed by atoms with van der Waals surface area (Å²) in [5.74, 6) is 0.207. The summed E-state index contributed by atoms with van der Waals surface area (Å²) in [5, 5.41) is 27.0. The number of carbonyl (C=O) groups excluding carboxylic acids is 1. The molecule has 2 aliphatic rings. The Labute approximate surface area is 190 Å². The second kappa shape index (κ2) is 8.23. The first-order valence-electron chi connectivity index (χ1n) is 10.8. The molecule has 1 aliphatic carbocycles. The number of likely N-dealkylation sites (N-methyl/N-ethyl adjacent to an activating group) is 1. The zero-order chi connectivity index (χ0) is 22.3. The summed E-state index contributed by atoms with van der Waals surface area (Å²) in [5.41, 5.74) is 1.37. The molecular weight excluding hydrogens is 426 g/mol. The molecule has 2 fully saturated rings. The maximum Gasteiger partial charge on any atom is 0.258 e. The topological polar surface area (TPSA) is 111 Å². The van der Waals surface area contributed by atoms with Gasteiger partial charge in [-0.25, -0.2) is 15.0 Å². The highest BCUT2D eigenvalue weighted by atomic mass is 32.1. The molecule has 0 unspecified atom stereocenters. The number of aromatic nitrogens is 3. The largest absolute Gasteiger partial charge is 0.391 e. The summed E-state index contributed by atoms with van der Waals surface area (Å²) in [6.07, 6.45) is 4.37. The van der Waals surface area contributed by atoms with Crippen LogP contribution in [0.4, 0.5) is 5.95 Å². The van der Waals surface area contributed by atoms with E-state index in [1.54, 1.807) is 30.3 Å². The molecule has 1 aromatic carbocycles. The lowest BCUT2D eigenvalue weighted by Crippen LogP contribution is -2.36. The van der Waals surface area contributed by atoms with Crippen molar-refractivity contribution >= 4 is 23.2 Å². The van der Waals surface area contributed by atoms with Gasteiger partial charge in [0.15, 0.2) is 5.60 Å². The SMILES string of the molecule is CN1CC[C@@](O)(c2cccc(-c3nc(-c4ccnc(N[C@@H]5CCC[C@H]5O)n4)cs3)c2)C1=O. The molecule has 5 rings (SSSR count). The molecule has 166 valence electrons. The van der Waals surface area contributed by atoms with Crippen molar-refractivity contribution in [2.24, 2.45) is 0 Å². The van der Waals surface area contributed by atoms with Crippen molar-refractivity contribution in [2.45, 2.75) is 43.4 Å². The summed E-state index contributed by atoms with van der Waals surface area (Å²) >= 11 is 1.48. The van der Waals surface area contributed by atoms with Crippen LogP contribution in [-0.4, -0.2) is 61.7 Å². The highest BCUT2D eigenvalue weighted by molar-refractivity contribution is 7.13. The van der Waals surface area contributed by atoms with E-state index in [-0.39, 0.29) is 18.1 Å². The zero-order valence-corrected chi connectivity index (χ0v) is 18.5. The number of amides is 1. The highest BCUT2D eigenvalue weighted by Crippen LogP contribution is 2.36. The van der Waals surface area contributed by atoms with Gasteiger partial charge in [0.2, 0.25) is 5.95 Å². The average Bonchev–Trinajstić information content (AvgIpc) is 3.52. The van der Waals surface area contributed by atoms with E-state index in [1.807, 2.05) is 23.6 Å². The third-order valence-corrected chi connectivity index (χ3v) is 7.20. The van der Waals surface area contributed by atoms with E-state index in [9.17, 15) is 15.0 Å². The van der Waals surface area contributed by atoms with Gasteiger partial charge in [-0.1, -0.05) is 18.2 Å². The summed E-state index contributed by atoms with van der Waals surface area (Å²) in [4.78, 5) is 27.6. The second-order valence-corrected chi connectivity index (χ2v) is 9.33. The van der Waals surface area contributed by atoms with Gasteiger partial charge >= 0.3 is 0 Å². The third-order valence-electron chi connectivity index (χ3n) is 6.31. The van der Waals surface area contributed by atoms with Crippen LogP contribution in [-0.2, 0) is 10.4 Å². The van der Waals surface area contributed by atoms with Crippen molar-refractivity contribution in [3.8, 4) is 22.0 Å². The van der Waals surface area contributed by atoms with Gasteiger partial charge in [0.05, 0.1) is 17.8 Å². The van der Waals surface area contributed by atoms with E-state index in [1.165, 1.54) is 11.3 Å². The van der Waals surface area contributed by atoms with Crippen LogP contribution in [0.3, 0.4) is 0 Å². The number of nitrogens with zero attached hydrogens (tertiary/aromatic N) is 4. The minimum absolute atomic E-state index is 0.0258. The van der Waals surface area contributed by atoms with Gasteiger partial charge in [0, 0.05) is 37.2 Å². The van der Waals surface area contributed by atoms with Crippen LogP contribution < -0.4 is 5.32 Å². The van der Waals surface area contributed by atoms with E-state index >= 15 is 0 Å². The van der Waals surface area contributed by atoms with Gasteiger partial charge in [-0.3, -0.25) is 4.79 Å². The van der Waals surface area contributed by atoms with Crippen molar-refractivity contribution in [3.63, 3.8) is 0 Å². The predicted octanol–water partition coefficient (Wildman–Crippen LogP) is 2.64. The minimum Gasteiger partial charge on any atom is -0.391 e. The van der Waals surface area contributed by atoms with Crippen LogP contribution in [0.2, 0.25) is 0 Å². The Morgan fingerprint density at radius 2 is 2.09 bits per heavy atom. The van der Waals surface area contributed by atoms with Gasteiger partial charge in [-0.2, -0.15) is 0 Å². The molecule has 0 spiro atoms. The zero-order valence-electron chi connectivity index (χ0n) is 17.7. The fourth-order valence-electron chi connectivity index (χ4n) is 4.40. The summed E-state index contributed by atoms with van der Waals surface area (Å²) < 4.78 is 0. The van der Waals surface area contributed by atoms with Gasteiger partial charge in [0.25, 0.3) is 5.91 Å². The number of likely N-dealkylation sites (tertiary alicyclic amines) is 1. The number of rotatable bonds is 5. The molecule has 1 amide bonds. The number of benzene rings is 1. The van der Waals surface area contributed by atoms with Gasteiger partial charge in [-0.15, -0.1) is 11.3 Å². The first kappa shape index (κ1) is 21.0. The first-order valence-corrected chi connectivity index (χ1v) is 11.6. The number of nitrogens with one attached hydrogen (secondary N) is 1. The maximum absolute atomic E-state index is 12.5. The van der Waals surface area contributed by atoms with Gasteiger partial charge in [-0.05, 0) is 37.0 Å². The first-order chi connectivity index (χ1) is 15.4. The van der Waals surface area contributed by atoms with Crippen LogP contribution in [0.1, 0.15) is 31.2 Å². The van der Waals surface area contributed by atoms with Gasteiger partial charge < -0.3 is 20.4 Å². The predicted molar refractivity (Wildman–Crippen MR) is 122 cm³/mol. The Balaban J connectivity index is 1.39. The normalized spacial score (nSPS) is 25.5. The van der Waals surface area contributed by atoms with Gasteiger partial charge in [0.1, 0.15) is 10.7 Å². The molecule has 8 nitrogen and oxygen atoms in total. The van der Waals surface area contributed by atoms with Crippen molar-refractivity contribution in [3.05, 3.63) is 47.5 Å². The van der Waals surface area contributed by atoms with Crippen LogP contribution in [0, 0.1) is 0 Å². The molecule has 0 radical (unpaired) electrons. The van der Waals surface area contributed by atoms with Crippen molar-refractivity contribution in [2.75, 3.05) is 18.9 Å². The summed E-state index contributed by atoms with van der Waals surface area (Å²) in [6, 6.07) is 9.17. The monoisotopic (exact) mass is 451 g/mol. The average molecular weight is 452 g/mol. The molecule has 32 heavy (non-hydrogen) atoms. The smallest absolute Gasteiger partial charge is 0.258 e. The molecule has 2 aromatic heterocycles. The lowest BCUT2D eigenvalue weighted by molar-refractivity contribution is -0.143. The minimum atomic E-state index is -1.48. The fraction of sp³-hybridized carbons (Fsp3) is 0.391. The van der Waals surface area contributed by atoms with E-state index in [4.69, 9.17) is 4.98 Å². The molecule has 3 aromatic rings. The Kier molecular flexibility index (Phi) is 5.40. The van der Waals surface area contributed by atoms with E-state index in [0.717, 1.165) is 35.5 Å². The second-order valence-electron chi connectivity index (χ2n) is 8.47. The lowest BCUT2D eigenvalue weighted by atomic mass is 9.91. The van der Waals surface area contributed by atoms with Crippen molar-refractivity contribution in [1.29, 1.82) is 0 Å². The van der Waals surface area contributed by atoms with Crippen molar-refractivity contribution in [1.82, 2.24) is 19.9 Å². The summed E-state index contributed by atoms with van der Waals surface area (Å²) in [6.45, 7) is 0.531. The van der Waals surface area contributed by atoms with E-state index < -0.39 is 5.60 Å². The molecule has 0 bridgehead atoms. The molecule has 3 N–H and O–H groups in total. The lowest BCUT2D eigenvalue weighted by Gasteiger charge is -2.21. The van der Waals surface area contributed by atoms with Crippen LogP contribution in [0.15, 0.2) is 41.9 Å². The number of carbonyl (C=O) groups is 1. The number of thiazole rings is 1. The number of aliphatic hydroxyl groups is 2. The third kappa shape index (κ3) is 3.76. The molecule has 1 aliphatic heterocycles. The number of aliphatic hydroxyl groups excluding tert-OH is 1. The highest BCUT2D eigenvalue weighted by Gasteiger charge is 2.45. The molecule has 3 heterocycles. The Hall–Kier alpha value is -2.88. The Morgan fingerprint density at radius 3 is 2.84 bits per heavy atom. The molecule has 1 saturated carbocycles. The standard InChI is InChI=1S/C23H25N5O3S/c1-28-11-9-23(31,21(28)30)15-5-2-4-14(12-15)20-25-18(13-32-20)16-8-10-24-22(26-16)27-17-6-3-7-19(17)29/h2,4-5,8,10,12-13,17,19,29,31H,3,6-7,9,11H2,1H3,(H,24,26,27)/t17-,19-,23-/m1/s1. The molecule has 9 heteroatoms. The maximum atomic E-state index is 12.5. The Bertz CT molecular complexity index is 1150. The number of hydrogen-bond donors (Lipinski definition) is 3. The number of anilines is 1. The van der Waals surface area contributed by atoms with E-state index in [0.29, 0.717) is 30.2 Å². The van der Waals surface area contributed by atoms with Crippen LogP contribution >= 0.6 is 11.3 Å². The Morgan fingerprint density at radius 1 is 1.22 bits per heavy atom. The molecule has 1 saturated heterocycles.